The molecule has 0 unspecified atom stereocenters. The molecule has 0 amide bonds. The molecule has 0 bridgehead atoms. The standard InChI is InChI=1S/C12H24O2.C12H22.H3N/c1-2-3-4-5-6-7-8-9-10-11-12(13)14;1-3-7-11(8-4-1)12-9-5-2-6-10-12;/h2-11H2,1H3,(H,13,14);11-12H,1-10H2;1H3. The van der Waals surface area contributed by atoms with Crippen molar-refractivity contribution in [2.45, 2.75) is 135 Å². The number of hydrogen-bond donors (Lipinski definition) is 2. The average Bonchev–Trinajstić information content (AvgIpc) is 2.68. The van der Waals surface area contributed by atoms with Crippen molar-refractivity contribution in [1.82, 2.24) is 6.15 Å². The summed E-state index contributed by atoms with van der Waals surface area (Å²) in [6.45, 7) is 2.23. The molecule has 0 radical (unpaired) electrons. The number of aliphatic carboxylic acids is 1. The Hall–Kier alpha value is -0.570. The summed E-state index contributed by atoms with van der Waals surface area (Å²) < 4.78 is 0. The van der Waals surface area contributed by atoms with Crippen molar-refractivity contribution in [3.63, 3.8) is 0 Å². The number of carbonyl (C=O) groups is 1. The highest BCUT2D eigenvalue weighted by Crippen LogP contribution is 2.37. The van der Waals surface area contributed by atoms with Crippen LogP contribution in [0.4, 0.5) is 0 Å². The van der Waals surface area contributed by atoms with E-state index in [1.54, 1.807) is 25.7 Å². The van der Waals surface area contributed by atoms with E-state index < -0.39 is 5.97 Å². The van der Waals surface area contributed by atoms with Gasteiger partial charge in [-0.3, -0.25) is 4.79 Å². The van der Waals surface area contributed by atoms with E-state index in [2.05, 4.69) is 6.92 Å². The molecule has 0 aromatic carbocycles. The molecule has 2 aliphatic rings. The smallest absolute Gasteiger partial charge is 0.303 e. The van der Waals surface area contributed by atoms with Crippen molar-refractivity contribution in [3.8, 4) is 0 Å². The molecule has 2 saturated carbocycles. The van der Waals surface area contributed by atoms with Crippen LogP contribution in [-0.4, -0.2) is 11.1 Å². The zero-order chi connectivity index (χ0) is 18.9. The topological polar surface area (TPSA) is 72.3 Å². The van der Waals surface area contributed by atoms with Crippen LogP contribution in [0.1, 0.15) is 135 Å². The van der Waals surface area contributed by atoms with E-state index in [0.29, 0.717) is 6.42 Å². The largest absolute Gasteiger partial charge is 0.481 e. The Balaban J connectivity index is 0.000000485. The van der Waals surface area contributed by atoms with Crippen LogP contribution in [0.25, 0.3) is 0 Å². The number of unbranched alkanes of at least 4 members (excludes halogenated alkanes) is 8. The molecule has 162 valence electrons. The molecule has 0 aliphatic heterocycles. The Labute approximate surface area is 169 Å². The minimum Gasteiger partial charge on any atom is -0.481 e. The summed E-state index contributed by atoms with van der Waals surface area (Å²) in [6.07, 6.45) is 26.9. The van der Waals surface area contributed by atoms with Crippen LogP contribution in [0.3, 0.4) is 0 Å². The fourth-order valence-electron chi connectivity index (χ4n) is 4.80. The highest BCUT2D eigenvalue weighted by molar-refractivity contribution is 5.66. The van der Waals surface area contributed by atoms with Crippen molar-refractivity contribution in [1.29, 1.82) is 0 Å². The average molecular weight is 384 g/mol. The lowest BCUT2D eigenvalue weighted by Gasteiger charge is -2.32. The third kappa shape index (κ3) is 15.1. The molecular weight excluding hydrogens is 334 g/mol. The first kappa shape index (κ1) is 26.4. The number of rotatable bonds is 11. The van der Waals surface area contributed by atoms with Crippen LogP contribution >= 0.6 is 0 Å². The molecule has 0 heterocycles. The van der Waals surface area contributed by atoms with Crippen LogP contribution in [-0.2, 0) is 4.79 Å². The summed E-state index contributed by atoms with van der Waals surface area (Å²) >= 11 is 0. The van der Waals surface area contributed by atoms with E-state index in [0.717, 1.165) is 24.7 Å². The SMILES string of the molecule is C1CCC(C2CCCCC2)CC1.CCCCCCCCCCCC(=O)O.N. The number of carboxylic acid groups (broad SMARTS) is 1. The van der Waals surface area contributed by atoms with Gasteiger partial charge in [-0.1, -0.05) is 122 Å². The van der Waals surface area contributed by atoms with Crippen molar-refractivity contribution in [2.75, 3.05) is 0 Å². The Morgan fingerprint density at radius 3 is 1.41 bits per heavy atom. The number of hydrogen-bond acceptors (Lipinski definition) is 2. The third-order valence-corrected chi connectivity index (χ3v) is 6.46. The van der Waals surface area contributed by atoms with Gasteiger partial charge >= 0.3 is 5.97 Å². The lowest BCUT2D eigenvalue weighted by Crippen LogP contribution is -2.20. The van der Waals surface area contributed by atoms with Crippen LogP contribution in [0, 0.1) is 11.8 Å². The minimum absolute atomic E-state index is 0. The first-order valence-corrected chi connectivity index (χ1v) is 12.0. The van der Waals surface area contributed by atoms with Crippen molar-refractivity contribution >= 4 is 5.97 Å². The maximum atomic E-state index is 10.2. The molecule has 0 aromatic heterocycles. The summed E-state index contributed by atoms with van der Waals surface area (Å²) in [4.78, 5) is 10.2. The van der Waals surface area contributed by atoms with Gasteiger partial charge in [-0.15, -0.1) is 0 Å². The van der Waals surface area contributed by atoms with Gasteiger partial charge < -0.3 is 11.3 Å². The van der Waals surface area contributed by atoms with E-state index in [1.807, 2.05) is 0 Å². The maximum Gasteiger partial charge on any atom is 0.303 e. The van der Waals surface area contributed by atoms with Gasteiger partial charge in [-0.25, -0.2) is 0 Å². The van der Waals surface area contributed by atoms with E-state index in [9.17, 15) is 4.79 Å². The van der Waals surface area contributed by atoms with Gasteiger partial charge in [0.2, 0.25) is 0 Å². The molecule has 3 nitrogen and oxygen atoms in total. The van der Waals surface area contributed by atoms with Crippen molar-refractivity contribution in [3.05, 3.63) is 0 Å². The van der Waals surface area contributed by atoms with Gasteiger partial charge in [0.1, 0.15) is 0 Å². The fraction of sp³-hybridized carbons (Fsp3) is 0.958. The van der Waals surface area contributed by atoms with E-state index in [1.165, 1.54) is 83.5 Å². The summed E-state index contributed by atoms with van der Waals surface area (Å²) in [5.41, 5.74) is 0. The normalized spacial score (nSPS) is 18.3. The first-order valence-electron chi connectivity index (χ1n) is 12.0. The Morgan fingerprint density at radius 2 is 1.04 bits per heavy atom. The molecular formula is C24H49NO2. The van der Waals surface area contributed by atoms with E-state index in [4.69, 9.17) is 5.11 Å². The molecule has 4 N–H and O–H groups in total. The van der Waals surface area contributed by atoms with E-state index in [-0.39, 0.29) is 6.15 Å². The summed E-state index contributed by atoms with van der Waals surface area (Å²) in [5, 5.41) is 8.41. The second-order valence-electron chi connectivity index (χ2n) is 8.77. The van der Waals surface area contributed by atoms with Gasteiger partial charge in [0.15, 0.2) is 0 Å². The molecule has 0 atom stereocenters. The summed E-state index contributed by atoms with van der Waals surface area (Å²) in [6, 6.07) is 0. The number of carboxylic acids is 1. The zero-order valence-electron chi connectivity index (χ0n) is 18.4. The minimum atomic E-state index is -0.659. The molecule has 0 saturated heterocycles. The Bertz CT molecular complexity index is 304. The second-order valence-corrected chi connectivity index (χ2v) is 8.77. The molecule has 3 heteroatoms. The van der Waals surface area contributed by atoms with Crippen LogP contribution in [0.15, 0.2) is 0 Å². The highest BCUT2D eigenvalue weighted by atomic mass is 16.4. The summed E-state index contributed by atoms with van der Waals surface area (Å²) in [5.74, 6) is 1.62. The monoisotopic (exact) mass is 383 g/mol. The first-order chi connectivity index (χ1) is 12.7. The predicted octanol–water partition coefficient (Wildman–Crippen LogP) is 8.30. The van der Waals surface area contributed by atoms with Gasteiger partial charge in [0.05, 0.1) is 0 Å². The van der Waals surface area contributed by atoms with Crippen LogP contribution < -0.4 is 6.15 Å². The molecule has 0 spiro atoms. The van der Waals surface area contributed by atoms with Gasteiger partial charge in [0.25, 0.3) is 0 Å². The second kappa shape index (κ2) is 18.8. The quantitative estimate of drug-likeness (QED) is 0.352. The van der Waals surface area contributed by atoms with E-state index >= 15 is 0 Å². The van der Waals surface area contributed by atoms with Gasteiger partial charge in [-0.05, 0) is 18.3 Å². The third-order valence-electron chi connectivity index (χ3n) is 6.46. The Morgan fingerprint density at radius 1 is 0.667 bits per heavy atom. The molecule has 0 aromatic rings. The zero-order valence-corrected chi connectivity index (χ0v) is 18.4. The van der Waals surface area contributed by atoms with Crippen LogP contribution in [0.2, 0.25) is 0 Å². The molecule has 2 fully saturated rings. The van der Waals surface area contributed by atoms with Crippen LogP contribution in [0.5, 0.6) is 0 Å². The lowest BCUT2D eigenvalue weighted by molar-refractivity contribution is -0.137. The van der Waals surface area contributed by atoms with Gasteiger partial charge in [0, 0.05) is 6.42 Å². The fourth-order valence-corrected chi connectivity index (χ4v) is 4.80. The molecule has 2 rings (SSSR count). The Kier molecular flexibility index (Phi) is 18.4. The lowest BCUT2D eigenvalue weighted by atomic mass is 9.73. The van der Waals surface area contributed by atoms with Crippen molar-refractivity contribution in [2.24, 2.45) is 11.8 Å². The molecule has 2 aliphatic carbocycles. The highest BCUT2D eigenvalue weighted by Gasteiger charge is 2.24. The van der Waals surface area contributed by atoms with Crippen molar-refractivity contribution < 1.29 is 9.90 Å². The molecule has 27 heavy (non-hydrogen) atoms. The predicted molar refractivity (Wildman–Crippen MR) is 118 cm³/mol. The summed E-state index contributed by atoms with van der Waals surface area (Å²) in [7, 11) is 0. The maximum absolute atomic E-state index is 10.2. The van der Waals surface area contributed by atoms with Gasteiger partial charge in [-0.2, -0.15) is 0 Å².